The summed E-state index contributed by atoms with van der Waals surface area (Å²) in [5.41, 5.74) is 0.292. The fraction of sp³-hybridized carbons (Fsp3) is 0.526. The summed E-state index contributed by atoms with van der Waals surface area (Å²) in [5, 5.41) is 13.3. The molecule has 0 spiro atoms. The number of anilines is 1. The maximum absolute atomic E-state index is 13.2. The Morgan fingerprint density at radius 3 is 2.73 bits per heavy atom. The lowest BCUT2D eigenvalue weighted by atomic mass is 9.94. The molecular weight excluding hydrogens is 330 g/mol. The summed E-state index contributed by atoms with van der Waals surface area (Å²) in [7, 11) is 0. The van der Waals surface area contributed by atoms with E-state index in [1.807, 2.05) is 30.3 Å². The number of fused-ring (bicyclic) bond motifs is 1. The molecular formula is C19H25N5O2. The number of nitrogens with one attached hydrogen (secondary N) is 3. The van der Waals surface area contributed by atoms with E-state index in [0.29, 0.717) is 13.0 Å². The highest BCUT2D eigenvalue weighted by Gasteiger charge is 2.41. The molecule has 7 nitrogen and oxygen atoms in total. The van der Waals surface area contributed by atoms with Gasteiger partial charge in [0.2, 0.25) is 5.91 Å². The van der Waals surface area contributed by atoms with E-state index in [2.05, 4.69) is 20.8 Å². The smallest absolute Gasteiger partial charge is 0.343 e. The number of para-hydroxylation sites is 1. The molecule has 138 valence electrons. The summed E-state index contributed by atoms with van der Waals surface area (Å²) in [6, 6.07) is 10.0. The minimum Gasteiger partial charge on any atom is -0.371 e. The second kappa shape index (κ2) is 6.97. The molecule has 7 heteroatoms. The van der Waals surface area contributed by atoms with Gasteiger partial charge in [0.05, 0.1) is 0 Å². The van der Waals surface area contributed by atoms with Gasteiger partial charge in [-0.25, -0.2) is 9.89 Å². The zero-order valence-electron chi connectivity index (χ0n) is 14.8. The Morgan fingerprint density at radius 1 is 1.19 bits per heavy atom. The summed E-state index contributed by atoms with van der Waals surface area (Å²) in [6.07, 6.45) is 6.06. The van der Waals surface area contributed by atoms with Gasteiger partial charge in [-0.15, -0.1) is 0 Å². The third kappa shape index (κ3) is 3.25. The number of aromatic nitrogens is 3. The van der Waals surface area contributed by atoms with E-state index < -0.39 is 5.54 Å². The van der Waals surface area contributed by atoms with Crippen molar-refractivity contribution in [2.45, 2.75) is 63.1 Å². The van der Waals surface area contributed by atoms with Crippen molar-refractivity contribution < 1.29 is 4.79 Å². The van der Waals surface area contributed by atoms with Crippen LogP contribution >= 0.6 is 0 Å². The lowest BCUT2D eigenvalue weighted by molar-refractivity contribution is -0.126. The number of benzene rings is 1. The Kier molecular flexibility index (Phi) is 4.53. The number of amides is 1. The molecule has 1 fully saturated rings. The second-order valence-electron chi connectivity index (χ2n) is 7.37. The number of carbonyl (C=O) groups is 1. The first-order valence-electron chi connectivity index (χ1n) is 9.45. The van der Waals surface area contributed by atoms with Gasteiger partial charge in [-0.05, 0) is 37.8 Å². The van der Waals surface area contributed by atoms with Gasteiger partial charge in [0.15, 0.2) is 0 Å². The second-order valence-corrected chi connectivity index (χ2v) is 7.37. The average molecular weight is 355 g/mol. The van der Waals surface area contributed by atoms with Crippen LogP contribution < -0.4 is 16.3 Å². The maximum Gasteiger partial charge on any atom is 0.343 e. The molecule has 1 atom stereocenters. The van der Waals surface area contributed by atoms with Crippen molar-refractivity contribution in [3.8, 4) is 0 Å². The van der Waals surface area contributed by atoms with E-state index in [0.717, 1.165) is 50.0 Å². The summed E-state index contributed by atoms with van der Waals surface area (Å²) in [5.74, 6) is 0.863. The number of nitrogens with zero attached hydrogens (tertiary/aromatic N) is 2. The number of hydrogen-bond acceptors (Lipinski definition) is 4. The van der Waals surface area contributed by atoms with Crippen molar-refractivity contribution in [2.24, 2.45) is 0 Å². The zero-order chi connectivity index (χ0) is 18.0. The molecule has 3 N–H and O–H groups in total. The van der Waals surface area contributed by atoms with Crippen molar-refractivity contribution in [1.82, 2.24) is 20.1 Å². The van der Waals surface area contributed by atoms with Gasteiger partial charge < -0.3 is 10.6 Å². The first-order chi connectivity index (χ1) is 12.7. The van der Waals surface area contributed by atoms with Gasteiger partial charge in [0.25, 0.3) is 0 Å². The lowest BCUT2D eigenvalue weighted by Crippen LogP contribution is -2.53. The quantitative estimate of drug-likeness (QED) is 0.780. The van der Waals surface area contributed by atoms with Crippen molar-refractivity contribution >= 4 is 11.6 Å². The standard InChI is InChI=1S/C19H25N5O2/c25-17(19(11-4-5-12-19)21-15-6-2-1-3-7-15)20-14-8-9-16-22-23-18(26)24(16)13-10-14/h1-3,6-7,14,21H,4-5,8-13H2,(H,20,25)(H,23,26). The Morgan fingerprint density at radius 2 is 1.96 bits per heavy atom. The van der Waals surface area contributed by atoms with Crippen molar-refractivity contribution in [1.29, 1.82) is 0 Å². The van der Waals surface area contributed by atoms with Crippen molar-refractivity contribution in [3.05, 3.63) is 46.6 Å². The predicted octanol–water partition coefficient (Wildman–Crippen LogP) is 1.82. The lowest BCUT2D eigenvalue weighted by Gasteiger charge is -2.32. The molecule has 2 aliphatic rings. The maximum atomic E-state index is 13.2. The monoisotopic (exact) mass is 355 g/mol. The summed E-state index contributed by atoms with van der Waals surface area (Å²) in [6.45, 7) is 0.592. The highest BCUT2D eigenvalue weighted by Crippen LogP contribution is 2.33. The van der Waals surface area contributed by atoms with Crippen molar-refractivity contribution in [2.75, 3.05) is 5.32 Å². The van der Waals surface area contributed by atoms with Crippen LogP contribution in [0.2, 0.25) is 0 Å². The minimum absolute atomic E-state index is 0.0682. The van der Waals surface area contributed by atoms with Gasteiger partial charge in [-0.1, -0.05) is 31.0 Å². The molecule has 0 bridgehead atoms. The topological polar surface area (TPSA) is 91.8 Å². The van der Waals surface area contributed by atoms with Gasteiger partial charge in [0, 0.05) is 24.7 Å². The number of carbonyl (C=O) groups excluding carboxylic acids is 1. The van der Waals surface area contributed by atoms with E-state index in [9.17, 15) is 9.59 Å². The molecule has 0 radical (unpaired) electrons. The third-order valence-electron chi connectivity index (χ3n) is 5.64. The minimum atomic E-state index is -0.529. The number of aromatic amines is 1. The van der Waals surface area contributed by atoms with Crippen LogP contribution in [0.5, 0.6) is 0 Å². The summed E-state index contributed by atoms with van der Waals surface area (Å²) < 4.78 is 1.68. The largest absolute Gasteiger partial charge is 0.371 e. The van der Waals surface area contributed by atoms with Crippen LogP contribution in [-0.2, 0) is 17.8 Å². The predicted molar refractivity (Wildman–Crippen MR) is 99.0 cm³/mol. The average Bonchev–Trinajstić information content (AvgIpc) is 3.20. The van der Waals surface area contributed by atoms with E-state index in [1.165, 1.54) is 0 Å². The molecule has 2 aromatic rings. The summed E-state index contributed by atoms with van der Waals surface area (Å²) in [4.78, 5) is 24.9. The van der Waals surface area contributed by atoms with Crippen LogP contribution in [0.25, 0.3) is 0 Å². The Labute approximate surface area is 152 Å². The molecule has 1 aliphatic carbocycles. The molecule has 1 aromatic heterocycles. The van der Waals surface area contributed by atoms with E-state index in [4.69, 9.17) is 0 Å². The first-order valence-corrected chi connectivity index (χ1v) is 9.45. The molecule has 0 saturated heterocycles. The van der Waals surface area contributed by atoms with Crippen LogP contribution in [0.1, 0.15) is 44.3 Å². The highest BCUT2D eigenvalue weighted by molar-refractivity contribution is 5.90. The molecule has 1 amide bonds. The molecule has 2 heterocycles. The Hall–Kier alpha value is -2.57. The fourth-order valence-corrected chi connectivity index (χ4v) is 4.16. The first kappa shape index (κ1) is 16.9. The van der Waals surface area contributed by atoms with Gasteiger partial charge in [-0.2, -0.15) is 5.10 Å². The number of H-pyrrole nitrogens is 1. The van der Waals surface area contributed by atoms with Crippen LogP contribution in [-0.4, -0.2) is 32.3 Å². The van der Waals surface area contributed by atoms with Crippen LogP contribution in [0, 0.1) is 0 Å². The van der Waals surface area contributed by atoms with E-state index in [1.54, 1.807) is 4.57 Å². The van der Waals surface area contributed by atoms with Gasteiger partial charge in [-0.3, -0.25) is 9.36 Å². The highest BCUT2D eigenvalue weighted by atomic mass is 16.2. The third-order valence-corrected chi connectivity index (χ3v) is 5.64. The molecule has 1 saturated carbocycles. The van der Waals surface area contributed by atoms with Gasteiger partial charge in [0.1, 0.15) is 11.4 Å². The Balaban J connectivity index is 1.45. The van der Waals surface area contributed by atoms with E-state index in [-0.39, 0.29) is 17.6 Å². The van der Waals surface area contributed by atoms with Crippen LogP contribution in [0.15, 0.2) is 35.1 Å². The van der Waals surface area contributed by atoms with Crippen molar-refractivity contribution in [3.63, 3.8) is 0 Å². The molecule has 1 aliphatic heterocycles. The van der Waals surface area contributed by atoms with E-state index >= 15 is 0 Å². The Bertz CT molecular complexity index is 820. The zero-order valence-corrected chi connectivity index (χ0v) is 14.8. The molecule has 1 unspecified atom stereocenters. The molecule has 26 heavy (non-hydrogen) atoms. The normalized spacial score (nSPS) is 21.6. The number of hydrogen-bond donors (Lipinski definition) is 3. The fourth-order valence-electron chi connectivity index (χ4n) is 4.16. The number of aryl methyl sites for hydroxylation is 1. The summed E-state index contributed by atoms with van der Waals surface area (Å²) >= 11 is 0. The van der Waals surface area contributed by atoms with Crippen LogP contribution in [0.4, 0.5) is 5.69 Å². The van der Waals surface area contributed by atoms with Gasteiger partial charge >= 0.3 is 5.69 Å². The number of rotatable bonds is 4. The SMILES string of the molecule is O=C(NC1CCc2n[nH]c(=O)n2CC1)C1(Nc2ccccc2)CCCC1. The molecule has 1 aromatic carbocycles. The molecule has 4 rings (SSSR count). The van der Waals surface area contributed by atoms with Crippen LogP contribution in [0.3, 0.4) is 0 Å².